The summed E-state index contributed by atoms with van der Waals surface area (Å²) in [5.41, 5.74) is 0.408. The van der Waals surface area contributed by atoms with Crippen molar-refractivity contribution < 1.29 is 17.9 Å². The number of nitrogens with zero attached hydrogens (tertiary/aromatic N) is 1. The first-order chi connectivity index (χ1) is 9.46. The molecular formula is C13H18FNO3S2. The molecule has 1 aliphatic heterocycles. The number of rotatable bonds is 4. The van der Waals surface area contributed by atoms with Gasteiger partial charge in [-0.25, -0.2) is 12.8 Å². The number of benzene rings is 1. The van der Waals surface area contributed by atoms with Crippen molar-refractivity contribution in [2.75, 3.05) is 24.7 Å². The summed E-state index contributed by atoms with van der Waals surface area (Å²) in [4.78, 5) is 0.147. The van der Waals surface area contributed by atoms with Crippen LogP contribution in [0.1, 0.15) is 12.0 Å². The number of aliphatic hydroxyl groups excluding tert-OH is 1. The first-order valence-corrected chi connectivity index (χ1v) is 9.03. The number of aliphatic hydroxyl groups is 1. The van der Waals surface area contributed by atoms with Crippen molar-refractivity contribution in [2.24, 2.45) is 0 Å². The van der Waals surface area contributed by atoms with Crippen LogP contribution in [0.3, 0.4) is 0 Å². The third kappa shape index (κ3) is 3.16. The maximum atomic E-state index is 13.1. The third-order valence-electron chi connectivity index (χ3n) is 3.36. The molecule has 0 spiro atoms. The van der Waals surface area contributed by atoms with Crippen LogP contribution in [-0.2, 0) is 10.0 Å². The van der Waals surface area contributed by atoms with Gasteiger partial charge < -0.3 is 5.11 Å². The van der Waals surface area contributed by atoms with Crippen molar-refractivity contribution in [3.63, 3.8) is 0 Å². The quantitative estimate of drug-likeness (QED) is 0.916. The molecule has 1 aliphatic rings. The molecule has 4 nitrogen and oxygen atoms in total. The van der Waals surface area contributed by atoms with Crippen molar-refractivity contribution >= 4 is 21.8 Å². The van der Waals surface area contributed by atoms with Crippen LogP contribution in [-0.4, -0.2) is 48.5 Å². The summed E-state index contributed by atoms with van der Waals surface area (Å²) in [5, 5.41) is 9.08. The highest BCUT2D eigenvalue weighted by Crippen LogP contribution is 2.28. The minimum Gasteiger partial charge on any atom is -0.396 e. The number of aryl methyl sites for hydroxylation is 1. The fraction of sp³-hybridized carbons (Fsp3) is 0.538. The maximum Gasteiger partial charge on any atom is 0.243 e. The number of halogens is 1. The Morgan fingerprint density at radius 1 is 1.50 bits per heavy atom. The summed E-state index contributed by atoms with van der Waals surface area (Å²) in [6, 6.07) is 3.51. The lowest BCUT2D eigenvalue weighted by Gasteiger charge is -2.34. The van der Waals surface area contributed by atoms with Crippen LogP contribution < -0.4 is 0 Å². The zero-order valence-electron chi connectivity index (χ0n) is 11.3. The lowest BCUT2D eigenvalue weighted by molar-refractivity contribution is 0.237. The van der Waals surface area contributed by atoms with Gasteiger partial charge in [-0.1, -0.05) is 0 Å². The van der Waals surface area contributed by atoms with Gasteiger partial charge in [-0.15, -0.1) is 0 Å². The zero-order chi connectivity index (χ0) is 14.8. The fourth-order valence-corrected chi connectivity index (χ4v) is 5.54. The van der Waals surface area contributed by atoms with Gasteiger partial charge in [0.1, 0.15) is 5.82 Å². The summed E-state index contributed by atoms with van der Waals surface area (Å²) in [5.74, 6) is 0.976. The molecule has 0 radical (unpaired) electrons. The van der Waals surface area contributed by atoms with Gasteiger partial charge in [0, 0.05) is 30.7 Å². The second-order valence-corrected chi connectivity index (χ2v) is 7.78. The smallest absolute Gasteiger partial charge is 0.243 e. The minimum absolute atomic E-state index is 0.0420. The molecular weight excluding hydrogens is 301 g/mol. The Morgan fingerprint density at radius 3 is 2.90 bits per heavy atom. The highest BCUT2D eigenvalue weighted by atomic mass is 32.2. The number of hydrogen-bond acceptors (Lipinski definition) is 4. The van der Waals surface area contributed by atoms with Gasteiger partial charge in [0.05, 0.1) is 4.90 Å². The maximum absolute atomic E-state index is 13.1. The topological polar surface area (TPSA) is 57.6 Å². The van der Waals surface area contributed by atoms with Gasteiger partial charge >= 0.3 is 0 Å². The first kappa shape index (κ1) is 15.8. The third-order valence-corrected chi connectivity index (χ3v) is 6.56. The first-order valence-electron chi connectivity index (χ1n) is 6.43. The predicted octanol–water partition coefficient (Wildman–Crippen LogP) is 1.62. The monoisotopic (exact) mass is 319 g/mol. The number of thioether (sulfide) groups is 1. The van der Waals surface area contributed by atoms with E-state index in [0.29, 0.717) is 24.3 Å². The van der Waals surface area contributed by atoms with Crippen LogP contribution in [0, 0.1) is 12.7 Å². The molecule has 0 aromatic heterocycles. The summed E-state index contributed by atoms with van der Waals surface area (Å²) < 4.78 is 40.0. The van der Waals surface area contributed by atoms with Crippen LogP contribution in [0.15, 0.2) is 23.1 Å². The van der Waals surface area contributed by atoms with E-state index in [-0.39, 0.29) is 17.5 Å². The van der Waals surface area contributed by atoms with E-state index in [2.05, 4.69) is 0 Å². The van der Waals surface area contributed by atoms with Gasteiger partial charge in [0.25, 0.3) is 0 Å². The molecule has 0 aliphatic carbocycles. The summed E-state index contributed by atoms with van der Waals surface area (Å²) in [7, 11) is -3.64. The van der Waals surface area contributed by atoms with Gasteiger partial charge in [-0.05, 0) is 37.1 Å². The lowest BCUT2D eigenvalue weighted by Crippen LogP contribution is -2.46. The molecule has 0 unspecified atom stereocenters. The normalized spacial score (nSPS) is 21.1. The van der Waals surface area contributed by atoms with E-state index in [0.717, 1.165) is 5.75 Å². The largest absolute Gasteiger partial charge is 0.396 e. The molecule has 1 N–H and O–H groups in total. The van der Waals surface area contributed by atoms with Crippen LogP contribution in [0.2, 0.25) is 0 Å². The van der Waals surface area contributed by atoms with Crippen LogP contribution in [0.5, 0.6) is 0 Å². The minimum atomic E-state index is -3.64. The van der Waals surface area contributed by atoms with E-state index in [1.807, 2.05) is 0 Å². The van der Waals surface area contributed by atoms with Crippen molar-refractivity contribution in [3.8, 4) is 0 Å². The van der Waals surface area contributed by atoms with Gasteiger partial charge in [-0.2, -0.15) is 16.1 Å². The van der Waals surface area contributed by atoms with E-state index >= 15 is 0 Å². The molecule has 2 rings (SSSR count). The van der Waals surface area contributed by atoms with Crippen molar-refractivity contribution in [2.45, 2.75) is 24.3 Å². The van der Waals surface area contributed by atoms with E-state index in [1.165, 1.54) is 22.5 Å². The van der Waals surface area contributed by atoms with Crippen molar-refractivity contribution in [1.82, 2.24) is 4.31 Å². The molecule has 20 heavy (non-hydrogen) atoms. The summed E-state index contributed by atoms with van der Waals surface area (Å²) >= 11 is 1.69. The Labute approximate surface area is 123 Å². The number of hydrogen-bond donors (Lipinski definition) is 1. The highest BCUT2D eigenvalue weighted by Gasteiger charge is 2.34. The van der Waals surface area contributed by atoms with Crippen LogP contribution in [0.25, 0.3) is 0 Å². The Balaban J connectivity index is 2.37. The highest BCUT2D eigenvalue weighted by molar-refractivity contribution is 7.99. The number of sulfonamides is 1. The van der Waals surface area contributed by atoms with Crippen LogP contribution in [0.4, 0.5) is 4.39 Å². The molecule has 0 amide bonds. The standard InChI is InChI=1S/C13H18FNO3S2/c1-10-8-11(14)2-3-13(10)20(17,18)15-5-7-19-9-12(15)4-6-16/h2-3,8,12,16H,4-7,9H2,1H3/t12-/m1/s1. The van der Waals surface area contributed by atoms with Crippen molar-refractivity contribution in [1.29, 1.82) is 0 Å². The Morgan fingerprint density at radius 2 is 2.25 bits per heavy atom. The van der Waals surface area contributed by atoms with Gasteiger partial charge in [0.2, 0.25) is 10.0 Å². The van der Waals surface area contributed by atoms with Gasteiger partial charge in [0.15, 0.2) is 0 Å². The summed E-state index contributed by atoms with van der Waals surface area (Å²) in [6.07, 6.45) is 0.423. The Bertz CT molecular complexity index is 575. The molecule has 1 aromatic carbocycles. The molecule has 1 heterocycles. The molecule has 7 heteroatoms. The predicted molar refractivity (Wildman–Crippen MR) is 77.8 cm³/mol. The van der Waals surface area contributed by atoms with Gasteiger partial charge in [-0.3, -0.25) is 0 Å². The molecule has 1 saturated heterocycles. The van der Waals surface area contributed by atoms with E-state index in [9.17, 15) is 12.8 Å². The lowest BCUT2D eigenvalue weighted by atomic mass is 10.2. The Hall–Kier alpha value is -0.630. The second kappa shape index (κ2) is 6.43. The fourth-order valence-electron chi connectivity index (χ4n) is 2.36. The molecule has 112 valence electrons. The zero-order valence-corrected chi connectivity index (χ0v) is 12.9. The van der Waals surface area contributed by atoms with E-state index in [1.54, 1.807) is 18.7 Å². The van der Waals surface area contributed by atoms with E-state index in [4.69, 9.17) is 5.11 Å². The molecule has 0 bridgehead atoms. The Kier molecular flexibility index (Phi) is 5.06. The SMILES string of the molecule is Cc1cc(F)ccc1S(=O)(=O)N1CCSC[C@H]1CCO. The molecule has 0 saturated carbocycles. The molecule has 1 fully saturated rings. The van der Waals surface area contributed by atoms with E-state index < -0.39 is 15.8 Å². The summed E-state index contributed by atoms with van der Waals surface area (Å²) in [6.45, 7) is 1.98. The van der Waals surface area contributed by atoms with Crippen molar-refractivity contribution in [3.05, 3.63) is 29.6 Å². The molecule has 1 atom stereocenters. The average Bonchev–Trinajstić information content (AvgIpc) is 2.39. The second-order valence-electron chi connectivity index (χ2n) is 4.77. The van der Waals surface area contributed by atoms with Crippen LogP contribution >= 0.6 is 11.8 Å². The molecule has 1 aromatic rings. The average molecular weight is 319 g/mol.